The average Bonchev–Trinajstić information content (AvgIpc) is 3.11. The molecule has 3 heterocycles. The van der Waals surface area contributed by atoms with E-state index in [2.05, 4.69) is 25.6 Å². The highest BCUT2D eigenvalue weighted by Crippen LogP contribution is 2.31. The van der Waals surface area contributed by atoms with E-state index in [0.717, 1.165) is 18.2 Å². The molecule has 1 aliphatic heterocycles. The van der Waals surface area contributed by atoms with Gasteiger partial charge in [-0.15, -0.1) is 0 Å². The van der Waals surface area contributed by atoms with Crippen LogP contribution in [0.15, 0.2) is 12.3 Å². The Morgan fingerprint density at radius 2 is 2.12 bits per heavy atom. The van der Waals surface area contributed by atoms with Crippen molar-refractivity contribution in [2.75, 3.05) is 23.3 Å². The van der Waals surface area contributed by atoms with Crippen LogP contribution in [0.2, 0.25) is 0 Å². The quantitative estimate of drug-likeness (QED) is 0.667. The Morgan fingerprint density at radius 3 is 2.88 bits per heavy atom. The maximum Gasteiger partial charge on any atom is 0.404 e. The number of carbonyl (C=O) groups is 2. The van der Waals surface area contributed by atoms with E-state index in [1.165, 1.54) is 0 Å². The van der Waals surface area contributed by atoms with E-state index in [-0.39, 0.29) is 23.8 Å². The predicted octanol–water partition coefficient (Wildman–Crippen LogP) is 1.15. The normalized spacial score (nSPS) is 20.3. The Morgan fingerprint density at radius 1 is 1.29 bits per heavy atom. The van der Waals surface area contributed by atoms with Crippen molar-refractivity contribution in [1.29, 1.82) is 0 Å². The van der Waals surface area contributed by atoms with Crippen LogP contribution in [0.1, 0.15) is 19.3 Å². The highest BCUT2D eigenvalue weighted by molar-refractivity contribution is 5.95. The van der Waals surface area contributed by atoms with Gasteiger partial charge in [-0.3, -0.25) is 10.1 Å². The zero-order valence-corrected chi connectivity index (χ0v) is 13.0. The number of H-pyrrole nitrogens is 1. The number of nitrogens with zero attached hydrogens (tertiary/aromatic N) is 3. The summed E-state index contributed by atoms with van der Waals surface area (Å²) in [5.41, 5.74) is 0.653. The highest BCUT2D eigenvalue weighted by Gasteiger charge is 2.31. The molecule has 2 fully saturated rings. The second-order valence-electron chi connectivity index (χ2n) is 6.26. The number of hydrogen-bond acceptors (Lipinski definition) is 5. The monoisotopic (exact) mass is 330 g/mol. The van der Waals surface area contributed by atoms with E-state index in [0.29, 0.717) is 31.0 Å². The van der Waals surface area contributed by atoms with Crippen molar-refractivity contribution in [2.45, 2.75) is 25.3 Å². The van der Waals surface area contributed by atoms with Gasteiger partial charge in [0.15, 0.2) is 0 Å². The first-order chi connectivity index (χ1) is 11.6. The molecule has 9 heteroatoms. The number of hydrogen-bond donors (Lipinski definition) is 4. The van der Waals surface area contributed by atoms with Crippen LogP contribution < -0.4 is 15.5 Å². The van der Waals surface area contributed by atoms with Gasteiger partial charge < -0.3 is 20.3 Å². The third-order valence-electron chi connectivity index (χ3n) is 4.39. The first-order valence-electron chi connectivity index (χ1n) is 8.00. The van der Waals surface area contributed by atoms with Crippen molar-refractivity contribution in [3.8, 4) is 0 Å². The molecule has 9 nitrogen and oxygen atoms in total. The summed E-state index contributed by atoms with van der Waals surface area (Å²) in [7, 11) is 0. The second kappa shape index (κ2) is 5.66. The first kappa shape index (κ1) is 14.7. The summed E-state index contributed by atoms with van der Waals surface area (Å²) in [5, 5.41) is 15.0. The van der Waals surface area contributed by atoms with Crippen molar-refractivity contribution >= 4 is 34.8 Å². The number of carboxylic acid groups (broad SMARTS) is 1. The van der Waals surface area contributed by atoms with Gasteiger partial charge in [-0.1, -0.05) is 0 Å². The lowest BCUT2D eigenvalue weighted by molar-refractivity contribution is -0.117. The SMILES string of the molecule is O=C(O)N[C@H]1CCN(c2nc(NC(=O)C3CC3)nc3[nH]ccc23)C1. The molecule has 0 bridgehead atoms. The highest BCUT2D eigenvalue weighted by atomic mass is 16.4. The van der Waals surface area contributed by atoms with Crippen LogP contribution in [0, 0.1) is 5.92 Å². The van der Waals surface area contributed by atoms with Gasteiger partial charge in [0.1, 0.15) is 11.5 Å². The van der Waals surface area contributed by atoms with E-state index in [4.69, 9.17) is 5.11 Å². The number of carbonyl (C=O) groups excluding carboxylic acids is 1. The number of fused-ring (bicyclic) bond motifs is 1. The first-order valence-corrected chi connectivity index (χ1v) is 8.00. The van der Waals surface area contributed by atoms with Crippen molar-refractivity contribution in [3.05, 3.63) is 12.3 Å². The number of aromatic nitrogens is 3. The minimum atomic E-state index is -1.02. The molecular formula is C15H18N6O3. The van der Waals surface area contributed by atoms with Crippen LogP contribution in [0.25, 0.3) is 11.0 Å². The molecule has 0 radical (unpaired) electrons. The lowest BCUT2D eigenvalue weighted by Crippen LogP contribution is -2.36. The van der Waals surface area contributed by atoms with Gasteiger partial charge in [0.25, 0.3) is 0 Å². The molecule has 1 saturated carbocycles. The third kappa shape index (κ3) is 2.84. The second-order valence-corrected chi connectivity index (χ2v) is 6.26. The smallest absolute Gasteiger partial charge is 0.404 e. The molecule has 0 spiro atoms. The number of aromatic amines is 1. The molecule has 2 aliphatic rings. The van der Waals surface area contributed by atoms with Gasteiger partial charge in [-0.05, 0) is 25.3 Å². The molecule has 1 aliphatic carbocycles. The maximum atomic E-state index is 12.0. The topological polar surface area (TPSA) is 123 Å². The van der Waals surface area contributed by atoms with Gasteiger partial charge in [0.2, 0.25) is 11.9 Å². The number of nitrogens with one attached hydrogen (secondary N) is 3. The summed E-state index contributed by atoms with van der Waals surface area (Å²) in [6, 6.07) is 1.76. The van der Waals surface area contributed by atoms with Crippen LogP contribution in [0.4, 0.5) is 16.6 Å². The molecule has 126 valence electrons. The van der Waals surface area contributed by atoms with Gasteiger partial charge in [0.05, 0.1) is 11.4 Å². The summed E-state index contributed by atoms with van der Waals surface area (Å²) in [5.74, 6) is 1.03. The van der Waals surface area contributed by atoms with E-state index in [1.807, 2.05) is 11.0 Å². The van der Waals surface area contributed by atoms with Crippen LogP contribution in [-0.2, 0) is 4.79 Å². The zero-order valence-electron chi connectivity index (χ0n) is 13.0. The number of anilines is 2. The molecule has 4 N–H and O–H groups in total. The van der Waals surface area contributed by atoms with E-state index >= 15 is 0 Å². The summed E-state index contributed by atoms with van der Waals surface area (Å²) in [4.78, 5) is 36.7. The average molecular weight is 330 g/mol. The minimum Gasteiger partial charge on any atom is -0.465 e. The number of amides is 2. The van der Waals surface area contributed by atoms with Crippen LogP contribution in [0.3, 0.4) is 0 Å². The minimum absolute atomic E-state index is 0.0429. The fourth-order valence-electron chi connectivity index (χ4n) is 3.02. The molecule has 24 heavy (non-hydrogen) atoms. The lowest BCUT2D eigenvalue weighted by Gasteiger charge is -2.19. The molecule has 4 rings (SSSR count). The zero-order chi connectivity index (χ0) is 16.7. The Hall–Kier alpha value is -2.84. The molecule has 2 aromatic heterocycles. The third-order valence-corrected chi connectivity index (χ3v) is 4.39. The van der Waals surface area contributed by atoms with Crippen molar-refractivity contribution in [2.24, 2.45) is 5.92 Å². The Bertz CT molecular complexity index is 800. The summed E-state index contributed by atoms with van der Waals surface area (Å²) in [6.45, 7) is 1.23. The standard InChI is InChI=1S/C15H18N6O3/c22-13(8-1-2-8)20-14-18-11-10(3-5-16-11)12(19-14)21-6-4-9(7-21)17-15(23)24/h3,5,8-9,17H,1-2,4,6-7H2,(H,23,24)(H2,16,18,19,20,22)/t9-/m0/s1. The fraction of sp³-hybridized carbons (Fsp3) is 0.467. The molecule has 0 aromatic carbocycles. The Balaban J connectivity index is 1.60. The fourth-order valence-corrected chi connectivity index (χ4v) is 3.02. The Kier molecular flexibility index (Phi) is 3.47. The molecule has 2 amide bonds. The van der Waals surface area contributed by atoms with E-state index < -0.39 is 6.09 Å². The summed E-state index contributed by atoms with van der Waals surface area (Å²) in [6.07, 6.45) is 3.30. The van der Waals surface area contributed by atoms with Gasteiger partial charge >= 0.3 is 6.09 Å². The molecule has 2 aromatic rings. The molecule has 1 saturated heterocycles. The van der Waals surface area contributed by atoms with Crippen LogP contribution in [0.5, 0.6) is 0 Å². The van der Waals surface area contributed by atoms with Crippen molar-refractivity contribution < 1.29 is 14.7 Å². The molecule has 1 atom stereocenters. The predicted molar refractivity (Wildman–Crippen MR) is 87.0 cm³/mol. The Labute approximate surface area is 137 Å². The lowest BCUT2D eigenvalue weighted by atomic mass is 10.3. The van der Waals surface area contributed by atoms with E-state index in [9.17, 15) is 9.59 Å². The van der Waals surface area contributed by atoms with Crippen LogP contribution in [-0.4, -0.2) is 51.2 Å². The van der Waals surface area contributed by atoms with Gasteiger partial charge in [0, 0.05) is 25.2 Å². The maximum absolute atomic E-state index is 12.0. The molecule has 0 unspecified atom stereocenters. The summed E-state index contributed by atoms with van der Waals surface area (Å²) >= 11 is 0. The van der Waals surface area contributed by atoms with Gasteiger partial charge in [-0.25, -0.2) is 4.79 Å². The molecular weight excluding hydrogens is 312 g/mol. The number of rotatable bonds is 4. The van der Waals surface area contributed by atoms with Crippen molar-refractivity contribution in [1.82, 2.24) is 20.3 Å². The van der Waals surface area contributed by atoms with Crippen LogP contribution >= 0.6 is 0 Å². The largest absolute Gasteiger partial charge is 0.465 e. The summed E-state index contributed by atoms with van der Waals surface area (Å²) < 4.78 is 0. The van der Waals surface area contributed by atoms with E-state index in [1.54, 1.807) is 6.20 Å². The van der Waals surface area contributed by atoms with Crippen molar-refractivity contribution in [3.63, 3.8) is 0 Å². The van der Waals surface area contributed by atoms with Gasteiger partial charge in [-0.2, -0.15) is 9.97 Å².